The van der Waals surface area contributed by atoms with Crippen LogP contribution in [0.4, 0.5) is 4.79 Å². The van der Waals surface area contributed by atoms with E-state index in [2.05, 4.69) is 79.1 Å². The number of likely N-dealkylation sites (N-methyl/N-ethyl adjacent to an activating group) is 1. The van der Waals surface area contributed by atoms with E-state index in [-0.39, 0.29) is 43.2 Å². The van der Waals surface area contributed by atoms with E-state index in [9.17, 15) is 29.1 Å². The number of benzene rings is 3. The fourth-order valence-corrected chi connectivity index (χ4v) is 9.97. The van der Waals surface area contributed by atoms with Crippen LogP contribution < -0.4 is 10.7 Å². The van der Waals surface area contributed by atoms with Crippen LogP contribution in [0.15, 0.2) is 73.3 Å². The van der Waals surface area contributed by atoms with Crippen molar-refractivity contribution in [3.63, 3.8) is 0 Å². The summed E-state index contributed by atoms with van der Waals surface area (Å²) >= 11 is 0. The summed E-state index contributed by atoms with van der Waals surface area (Å²) in [5.74, 6) is -2.02. The van der Waals surface area contributed by atoms with Crippen molar-refractivity contribution in [1.82, 2.24) is 35.0 Å². The number of urea groups is 1. The van der Waals surface area contributed by atoms with E-state index in [0.717, 1.165) is 45.3 Å². The molecule has 4 aromatic rings. The van der Waals surface area contributed by atoms with Crippen LogP contribution in [0.1, 0.15) is 64.2 Å². The zero-order chi connectivity index (χ0) is 48.2. The molecule has 0 saturated carbocycles. The topological polar surface area (TPSA) is 166 Å². The molecule has 5 amide bonds. The first-order valence-corrected chi connectivity index (χ1v) is 23.6. The van der Waals surface area contributed by atoms with Gasteiger partial charge in [-0.1, -0.05) is 70.7 Å². The van der Waals surface area contributed by atoms with Gasteiger partial charge in [-0.15, -0.1) is 0 Å². The normalized spacial score (nSPS) is 19.4. The first kappa shape index (κ1) is 48.7. The van der Waals surface area contributed by atoms with Gasteiger partial charge in [0.15, 0.2) is 0 Å². The van der Waals surface area contributed by atoms with E-state index in [1.54, 1.807) is 36.1 Å². The molecule has 0 spiro atoms. The Hall–Kier alpha value is -6.19. The molecular weight excluding hydrogens is 851 g/mol. The van der Waals surface area contributed by atoms with Crippen molar-refractivity contribution in [2.75, 3.05) is 60.1 Å². The Kier molecular flexibility index (Phi) is 15.1. The van der Waals surface area contributed by atoms with Gasteiger partial charge in [0, 0.05) is 81.7 Å². The molecule has 6 bridgehead atoms. The highest BCUT2D eigenvalue weighted by atomic mass is 16.5. The molecule has 4 heterocycles. The van der Waals surface area contributed by atoms with Gasteiger partial charge in [0.05, 0.1) is 18.9 Å². The van der Waals surface area contributed by atoms with Gasteiger partial charge in [-0.05, 0) is 96.7 Å². The van der Waals surface area contributed by atoms with E-state index in [0.29, 0.717) is 64.2 Å². The van der Waals surface area contributed by atoms with E-state index < -0.39 is 41.3 Å². The van der Waals surface area contributed by atoms with Crippen molar-refractivity contribution in [3.8, 4) is 28.1 Å². The van der Waals surface area contributed by atoms with Gasteiger partial charge in [0.25, 0.3) is 5.91 Å². The first-order valence-electron chi connectivity index (χ1n) is 23.6. The summed E-state index contributed by atoms with van der Waals surface area (Å²) in [6.07, 6.45) is 3.53. The third-order valence-electron chi connectivity index (χ3n) is 13.4. The Morgan fingerprint density at radius 2 is 1.75 bits per heavy atom. The Labute approximate surface area is 394 Å². The van der Waals surface area contributed by atoms with Gasteiger partial charge in [-0.3, -0.25) is 24.2 Å². The number of ether oxygens (including phenoxy) is 2. The maximum atomic E-state index is 14.7. The molecule has 1 aromatic heterocycles. The number of carbonyl (C=O) groups excluding carboxylic acids is 5. The lowest BCUT2D eigenvalue weighted by atomic mass is 9.83. The smallest absolute Gasteiger partial charge is 0.324 e. The average Bonchev–Trinajstić information content (AvgIpc) is 3.62. The van der Waals surface area contributed by atoms with Crippen LogP contribution in [0.25, 0.3) is 33.3 Å². The van der Waals surface area contributed by atoms with Gasteiger partial charge in [-0.25, -0.2) is 10.2 Å². The van der Waals surface area contributed by atoms with Crippen LogP contribution >= 0.6 is 0 Å². The second-order valence-electron chi connectivity index (χ2n) is 19.2. The number of aromatic hydroxyl groups is 1. The lowest BCUT2D eigenvalue weighted by Crippen LogP contribution is -2.63. The lowest BCUT2D eigenvalue weighted by molar-refractivity contribution is -0.155. The highest BCUT2D eigenvalue weighted by Crippen LogP contribution is 2.41. The SMILES string of the molecule is C=CC(=O)N1CCN(C(=O)N(C)[C@H](C(=O)N[C@H]2Cc3cc(O)cc(c3)-c3ccc4c(c3)c(c(-c3ccccc3CCOC)n4CC)CC(C)(C)COC(=O)[C@@H]3CCCN(N3)C2=O)C(C)C)CC1. The second kappa shape index (κ2) is 20.8. The number of phenolic OH excluding ortho intramolecular Hbond substituents is 1. The predicted octanol–water partition coefficient (Wildman–Crippen LogP) is 5.94. The van der Waals surface area contributed by atoms with Gasteiger partial charge < -0.3 is 39.2 Å². The maximum absolute atomic E-state index is 14.7. The minimum Gasteiger partial charge on any atom is -0.508 e. The van der Waals surface area contributed by atoms with E-state index in [1.165, 1.54) is 21.5 Å². The largest absolute Gasteiger partial charge is 0.508 e. The number of aryl methyl sites for hydroxylation is 1. The molecule has 15 nitrogen and oxygen atoms in total. The van der Waals surface area contributed by atoms with Crippen LogP contribution in [0.3, 0.4) is 0 Å². The van der Waals surface area contributed by atoms with Crippen LogP contribution in [-0.2, 0) is 54.5 Å². The summed E-state index contributed by atoms with van der Waals surface area (Å²) < 4.78 is 14.0. The van der Waals surface area contributed by atoms with Crippen LogP contribution in [0.2, 0.25) is 0 Å². The molecule has 3 aliphatic rings. The second-order valence-corrected chi connectivity index (χ2v) is 19.2. The number of rotatable bonds is 10. The number of methoxy groups -OCH3 is 1. The molecule has 3 atom stereocenters. The number of aromatic nitrogens is 1. The molecule has 3 aliphatic heterocycles. The standard InChI is InChI=1S/C52H67N7O8/c1-9-45(61)56-21-23-57(24-22-56)51(65)55(7)46(33(3)4)48(62)53-43-28-34-26-37(29-38(60)27-34)36-17-18-44-40(30-36)41(47(58(44)10-2)39-15-12-11-14-35(39)19-25-66-8)31-52(5,6)32-67-50(64)42-16-13-20-59(54-42)49(43)63/h9,11-12,14-15,17-18,26-27,29-30,33,42-43,46,54,60H,1,10,13,16,19-25,28,31-32H2,2-8H3,(H,53,62)/t42-,43-,46-/m0/s1. The third kappa shape index (κ3) is 10.7. The quantitative estimate of drug-likeness (QED) is 0.129. The summed E-state index contributed by atoms with van der Waals surface area (Å²) in [5.41, 5.74) is 10.4. The van der Waals surface area contributed by atoms with Gasteiger partial charge >= 0.3 is 12.0 Å². The number of hydrazine groups is 1. The summed E-state index contributed by atoms with van der Waals surface area (Å²) in [4.78, 5) is 74.0. The maximum Gasteiger partial charge on any atom is 0.324 e. The number of nitrogens with zero attached hydrogens (tertiary/aromatic N) is 5. The van der Waals surface area contributed by atoms with Gasteiger partial charge in [-0.2, -0.15) is 0 Å². The molecule has 7 rings (SSSR count). The molecule has 2 fully saturated rings. The van der Waals surface area contributed by atoms with E-state index >= 15 is 0 Å². The highest BCUT2D eigenvalue weighted by Gasteiger charge is 2.39. The molecule has 3 N–H and O–H groups in total. The summed E-state index contributed by atoms with van der Waals surface area (Å²) in [6, 6.07) is 16.7. The first-order chi connectivity index (χ1) is 32.0. The van der Waals surface area contributed by atoms with Crippen molar-refractivity contribution in [1.29, 1.82) is 0 Å². The average molecular weight is 918 g/mol. The Bertz CT molecular complexity index is 2510. The van der Waals surface area contributed by atoms with Crippen molar-refractivity contribution in [2.24, 2.45) is 11.3 Å². The number of amides is 5. The van der Waals surface area contributed by atoms with Gasteiger partial charge in [0.1, 0.15) is 23.9 Å². The predicted molar refractivity (Wildman–Crippen MR) is 258 cm³/mol. The fraction of sp³-hybridized carbons (Fsp3) is 0.481. The molecule has 2 saturated heterocycles. The Balaban J connectivity index is 1.29. The molecular formula is C52H67N7O8. The zero-order valence-corrected chi connectivity index (χ0v) is 40.1. The van der Waals surface area contributed by atoms with Crippen molar-refractivity contribution >= 4 is 40.6 Å². The van der Waals surface area contributed by atoms with E-state index in [4.69, 9.17) is 9.47 Å². The summed E-state index contributed by atoms with van der Waals surface area (Å²) in [7, 11) is 3.28. The highest BCUT2D eigenvalue weighted by molar-refractivity contribution is 5.96. The van der Waals surface area contributed by atoms with Crippen LogP contribution in [0.5, 0.6) is 5.75 Å². The minimum absolute atomic E-state index is 0.000970. The van der Waals surface area contributed by atoms with Gasteiger partial charge in [0.2, 0.25) is 11.8 Å². The molecule has 3 aromatic carbocycles. The number of cyclic esters (lactones) is 1. The van der Waals surface area contributed by atoms with Crippen LogP contribution in [0, 0.1) is 11.3 Å². The Morgan fingerprint density at radius 3 is 2.45 bits per heavy atom. The Morgan fingerprint density at radius 1 is 1.01 bits per heavy atom. The summed E-state index contributed by atoms with van der Waals surface area (Å²) in [6.45, 7) is 16.5. The van der Waals surface area contributed by atoms with E-state index in [1.807, 2.05) is 26.0 Å². The van der Waals surface area contributed by atoms with Crippen molar-refractivity contribution in [2.45, 2.75) is 91.4 Å². The minimum atomic E-state index is -1.16. The van der Waals surface area contributed by atoms with Crippen molar-refractivity contribution < 1.29 is 38.6 Å². The monoisotopic (exact) mass is 918 g/mol. The fourth-order valence-electron chi connectivity index (χ4n) is 9.97. The van der Waals surface area contributed by atoms with Crippen molar-refractivity contribution in [3.05, 3.63) is 90.0 Å². The molecule has 67 heavy (non-hydrogen) atoms. The zero-order valence-electron chi connectivity index (χ0n) is 40.1. The number of piperazine rings is 1. The number of hydrogen-bond acceptors (Lipinski definition) is 9. The molecule has 15 heteroatoms. The van der Waals surface area contributed by atoms with Crippen LogP contribution in [-0.4, -0.2) is 137 Å². The summed E-state index contributed by atoms with van der Waals surface area (Å²) in [5, 5.41) is 16.8. The number of fused-ring (bicyclic) bond motifs is 6. The third-order valence-corrected chi connectivity index (χ3v) is 13.4. The number of hydrogen-bond donors (Lipinski definition) is 3. The molecule has 0 radical (unpaired) electrons. The number of nitrogens with one attached hydrogen (secondary N) is 2. The number of esters is 1. The number of phenols is 1. The number of carbonyl (C=O) groups is 5. The lowest BCUT2D eigenvalue weighted by Gasteiger charge is -2.39. The molecule has 0 aliphatic carbocycles. The molecule has 358 valence electrons. The molecule has 0 unspecified atom stereocenters.